The number of aromatic amines is 3. The highest BCUT2D eigenvalue weighted by Crippen LogP contribution is 2.49. The molecule has 4 aliphatic rings. The van der Waals surface area contributed by atoms with Gasteiger partial charge in [-0.3, -0.25) is 72.9 Å². The Kier molecular flexibility index (Phi) is 32.4. The molecule has 10 rings (SSSR count). The number of nitrogen functional groups attached to an aromatic ring is 1. The molecule has 7 heterocycles. The molecule has 0 saturated carbocycles. The Balaban J connectivity index is 0.749. The van der Waals surface area contributed by atoms with Crippen LogP contribution in [0.4, 0.5) is 22.1 Å². The van der Waals surface area contributed by atoms with E-state index in [9.17, 15) is 85.5 Å². The molecular formula is C80H96Cl2N18O20S3. The van der Waals surface area contributed by atoms with E-state index < -0.39 is 148 Å². The number of carbonyl (C=O) groups excluding carboxylic acids is 10. The van der Waals surface area contributed by atoms with Gasteiger partial charge in [0, 0.05) is 142 Å². The zero-order valence-electron chi connectivity index (χ0n) is 68.1. The number of benzene rings is 2. The smallest absolute Gasteiger partial charge is 0.426 e. The number of aromatic nitrogens is 6. The molecular weight excluding hydrogens is 1700 g/mol. The highest BCUT2D eigenvalue weighted by molar-refractivity contribution is 8.76. The average molecular weight is 1800 g/mol. The van der Waals surface area contributed by atoms with E-state index in [4.69, 9.17) is 48.4 Å². The number of aliphatic carboxylic acids is 2. The van der Waals surface area contributed by atoms with E-state index in [1.54, 1.807) is 12.1 Å². The first-order chi connectivity index (χ1) is 58.6. The van der Waals surface area contributed by atoms with Gasteiger partial charge in [0.1, 0.15) is 36.7 Å². The van der Waals surface area contributed by atoms with Gasteiger partial charge in [0.25, 0.3) is 27.5 Å². The Bertz CT molecular complexity index is 5480. The zero-order valence-corrected chi connectivity index (χ0v) is 72.0. The summed E-state index contributed by atoms with van der Waals surface area (Å²) >= 11 is 12.2. The van der Waals surface area contributed by atoms with Crippen LogP contribution in [0.15, 0.2) is 75.2 Å². The Morgan fingerprint density at radius 2 is 1.47 bits per heavy atom. The third-order valence-electron chi connectivity index (χ3n) is 21.6. The number of nitrogens with two attached hydrogens (primary N) is 1. The van der Waals surface area contributed by atoms with Gasteiger partial charge in [-0.15, -0.1) is 23.2 Å². The number of carboxylic acid groups (broad SMARTS) is 2. The summed E-state index contributed by atoms with van der Waals surface area (Å²) in [6, 6.07) is 6.13. The molecule has 2 aromatic carbocycles. The van der Waals surface area contributed by atoms with Crippen LogP contribution in [0.25, 0.3) is 28.9 Å². The summed E-state index contributed by atoms with van der Waals surface area (Å²) < 4.78 is 42.5. The quantitative estimate of drug-likeness (QED) is 0.00382. The second-order valence-electron chi connectivity index (χ2n) is 29.8. The van der Waals surface area contributed by atoms with E-state index in [0.29, 0.717) is 104 Å². The molecule has 6 aromatic rings. The number of hydrazine groups is 1. The van der Waals surface area contributed by atoms with Gasteiger partial charge in [0.15, 0.2) is 22.7 Å². The number of alkyl halides is 2. The number of carbonyl (C=O) groups is 12. The summed E-state index contributed by atoms with van der Waals surface area (Å²) in [5.41, 5.74) is 17.5. The van der Waals surface area contributed by atoms with Crippen LogP contribution in [0.1, 0.15) is 137 Å². The van der Waals surface area contributed by atoms with Gasteiger partial charge in [-0.25, -0.2) is 29.8 Å². The Labute approximate surface area is 722 Å². The van der Waals surface area contributed by atoms with Crippen molar-refractivity contribution in [2.45, 2.75) is 136 Å². The van der Waals surface area contributed by atoms with Crippen molar-refractivity contribution >= 4 is 184 Å². The number of halogens is 2. The van der Waals surface area contributed by atoms with E-state index in [-0.39, 0.29) is 103 Å². The lowest BCUT2D eigenvalue weighted by Crippen LogP contribution is -2.54. The number of H-pyrrole nitrogens is 3. The highest BCUT2D eigenvalue weighted by Gasteiger charge is 2.49. The molecule has 0 radical (unpaired) electrons. The maximum atomic E-state index is 14.8. The summed E-state index contributed by atoms with van der Waals surface area (Å²) in [7, 11) is -1.47. The fourth-order valence-electron chi connectivity index (χ4n) is 15.2. The number of aliphatic imine (C=N–C) groups is 2. The van der Waals surface area contributed by atoms with Crippen molar-refractivity contribution in [2.75, 3.05) is 78.3 Å². The van der Waals surface area contributed by atoms with E-state index in [2.05, 4.69) is 86.5 Å². The van der Waals surface area contributed by atoms with Crippen LogP contribution in [0.3, 0.4) is 0 Å². The molecule has 7 amide bonds. The maximum Gasteiger partial charge on any atom is 0.426 e. The van der Waals surface area contributed by atoms with Crippen molar-refractivity contribution in [1.29, 1.82) is 0 Å². The second-order valence-corrected chi connectivity index (χ2v) is 34.8. The second kappa shape index (κ2) is 42.5. The summed E-state index contributed by atoms with van der Waals surface area (Å²) in [5, 5.41) is 36.3. The highest BCUT2D eigenvalue weighted by atomic mass is 35.5. The Morgan fingerprint density at radius 3 is 2.14 bits per heavy atom. The van der Waals surface area contributed by atoms with Crippen molar-refractivity contribution in [3.05, 3.63) is 132 Å². The third-order valence-corrected chi connectivity index (χ3v) is 25.0. The Morgan fingerprint density at radius 1 is 0.780 bits per heavy atom. The minimum atomic E-state index is -4.57. The maximum absolute atomic E-state index is 14.8. The summed E-state index contributed by atoms with van der Waals surface area (Å²) in [4.78, 5) is 209. The number of hydrogen-bond donors (Lipinski definition) is 15. The van der Waals surface area contributed by atoms with Crippen LogP contribution < -0.4 is 69.6 Å². The molecule has 1 aliphatic carbocycles. The number of carboxylic acids is 2. The number of hydrogen-bond acceptors (Lipinski definition) is 27. The molecule has 38 nitrogen and oxygen atoms in total. The number of nitrogens with zero attached hydrogens (tertiary/aromatic N) is 6. The van der Waals surface area contributed by atoms with Gasteiger partial charge < -0.3 is 72.2 Å². The molecule has 658 valence electrons. The van der Waals surface area contributed by atoms with Gasteiger partial charge in [0.05, 0.1) is 60.5 Å². The van der Waals surface area contributed by atoms with Crippen molar-refractivity contribution in [2.24, 2.45) is 39.6 Å². The molecule has 8 bridgehead atoms. The number of rotatable bonds is 40. The molecule has 0 fully saturated rings. The molecule has 0 spiro atoms. The van der Waals surface area contributed by atoms with E-state index in [0.717, 1.165) is 45.1 Å². The number of ether oxygens (including phenoxy) is 2. The summed E-state index contributed by atoms with van der Waals surface area (Å²) in [6.07, 6.45) is 3.45. The monoisotopic (exact) mass is 1790 g/mol. The van der Waals surface area contributed by atoms with E-state index in [1.807, 2.05) is 50.0 Å². The topological polar surface area (TPSA) is 571 Å². The molecule has 43 heteroatoms. The van der Waals surface area contributed by atoms with Gasteiger partial charge in [-0.2, -0.15) is 13.4 Å². The summed E-state index contributed by atoms with van der Waals surface area (Å²) in [5.74, 6) is -12.9. The predicted molar refractivity (Wildman–Crippen MR) is 461 cm³/mol. The lowest BCUT2D eigenvalue weighted by molar-refractivity contribution is -0.142. The number of esters is 1. The largest absolute Gasteiger partial charge is 0.480 e. The molecule has 10 atom stereocenters. The minimum absolute atomic E-state index is 0.00533. The predicted octanol–water partition coefficient (Wildman–Crippen LogP) is 3.52. The van der Waals surface area contributed by atoms with Crippen molar-refractivity contribution in [3.63, 3.8) is 0 Å². The van der Waals surface area contributed by atoms with E-state index >= 15 is 0 Å². The standard InChI is InChI=1S/C80H96Cl2N18O20S3/c1-8-48-38(2)51-33-56-63(42(6)101)40(4)53(89-56)31-52-39(3)49(67(92-52)65-66(78(114)119-7)70(105)64-41(5)54(93-68(64)65)32-55(48)88-51)10-9-11-60(102)90-57(30-43-12-18-47(19-13-43)100(25-22-81)26-23-82)74(108)98-99-80(115)120-27-28-121-122-37-59(77(112)113)95-73(107)58(34-62(104)84-24-29-123(116,117)118)91-61(103)21-20-50(76(110)111)94-72(106)44-14-16-45(17-15-44)85-35-46-36-86-71-69(87-46)75(109)97-79(83)96-71/h12-19,31,33,36,38-39,48-50,55,57-59,66,85,89,93H,8-11,20-30,32,34-35,37H2,1-7H3,(H,84,104)(H,90,102)(H,91,103)(H,94,106)(H,95,107)(H,98,108)(H,99,115)(H,110,111)(H,112,113)(H,116,117,118)(H3,83,86,96,97,109)/b53-31?,56-33?,67-65-/t38-,39+,48-,49+,50+,55?,57?,58+,59+,66?/m1/s1. The van der Waals surface area contributed by atoms with Gasteiger partial charge in [-0.1, -0.05) is 60.9 Å². The van der Waals surface area contributed by atoms with Crippen molar-refractivity contribution in [3.8, 4) is 0 Å². The lowest BCUT2D eigenvalue weighted by atomic mass is 9.83. The molecule has 16 N–H and O–H groups in total. The third kappa shape index (κ3) is 24.1. The van der Waals surface area contributed by atoms with Crippen LogP contribution >= 0.6 is 44.8 Å². The first-order valence-electron chi connectivity index (χ1n) is 39.4. The number of amides is 7. The number of fused-ring (bicyclic) bond motifs is 6. The Hall–Kier alpha value is -11.5. The van der Waals surface area contributed by atoms with Crippen LogP contribution in [0.2, 0.25) is 0 Å². The van der Waals surface area contributed by atoms with E-state index in [1.165, 1.54) is 44.5 Å². The van der Waals surface area contributed by atoms with Crippen LogP contribution in [0, 0.1) is 43.4 Å². The summed E-state index contributed by atoms with van der Waals surface area (Å²) in [6.45, 7) is 11.5. The fourth-order valence-corrected chi connectivity index (χ4v) is 18.0. The molecule has 123 heavy (non-hydrogen) atoms. The van der Waals surface area contributed by atoms with Crippen LogP contribution in [-0.4, -0.2) is 228 Å². The van der Waals surface area contributed by atoms with Gasteiger partial charge in [0.2, 0.25) is 29.6 Å². The SMILES string of the molecule is CC[C@H]1C2Cc3[nH]c4c(c3C)C(=O)C(C(=O)OC)/C4=C3/N=C(C=c4[nH]c(c(C(C)=O)c4C)=CC(=N2)[C@@H]1C)[C@@H](C)[C@@H]3CCCC(=O)NC(Cc1ccc(N(CCCl)CCCl)cc1)C(=O)NNC(=O)OCCSSC[C@H](NC(=O)[C@H](CC(=O)NCCS(=O)(=O)O)NC(=O)CC[C@H](NC(=O)c1ccc(NCc2cnc3nc(N)[nH]c(=O)c3n2)cc1)C(=O)O)C(=O)O. The molecule has 0 saturated heterocycles. The number of Topliss-reactive ketones (excluding diaryl/α,β-unsaturated/α-hetero) is 2. The number of anilines is 3. The number of methoxy groups -OCH3 is 1. The normalized spacial score (nSPS) is 18.5. The molecule has 4 aromatic heterocycles. The lowest BCUT2D eigenvalue weighted by Gasteiger charge is -2.23. The first kappa shape index (κ1) is 93.7. The van der Waals surface area contributed by atoms with Gasteiger partial charge in [-0.05, 0) is 111 Å². The van der Waals surface area contributed by atoms with Crippen molar-refractivity contribution < 1.29 is 90.2 Å². The minimum Gasteiger partial charge on any atom is -0.480 e. The first-order valence-corrected chi connectivity index (χ1v) is 44.6. The zero-order chi connectivity index (χ0) is 89.3. The number of ketones is 2. The van der Waals surface area contributed by atoms with Crippen molar-refractivity contribution in [1.82, 2.24) is 67.3 Å². The number of allylic oxidation sites excluding steroid dienone is 1. The van der Waals surface area contributed by atoms with Crippen LogP contribution in [-0.2, 0) is 77.3 Å². The van der Waals surface area contributed by atoms with Gasteiger partial charge >= 0.3 is 24.0 Å². The fraction of sp³-hybridized carbons (Fsp3) is 0.450. The average Bonchev–Trinajstić information content (AvgIpc) is 1.56. The van der Waals surface area contributed by atoms with Crippen LogP contribution in [0.5, 0.6) is 0 Å². The molecule has 3 aliphatic heterocycles. The number of nitrogens with one attached hydrogen (secondary N) is 11. The molecule has 3 unspecified atom stereocenters.